The zero-order chi connectivity index (χ0) is 30.5. The SMILES string of the molecule is CSCCC(NC(=O)C(N)Cc1cnc[nH]1)C(=O)NC(Cc1ccc(O)cc1)C(=O)NC(Cc1ccccc1)C(=O)O. The lowest BCUT2D eigenvalue weighted by molar-refractivity contribution is -0.142. The van der Waals surface area contributed by atoms with Gasteiger partial charge in [-0.1, -0.05) is 42.5 Å². The number of nitrogens with one attached hydrogen (secondary N) is 4. The molecular formula is C29H36N6O6S. The molecule has 0 aliphatic rings. The van der Waals surface area contributed by atoms with Gasteiger partial charge in [-0.3, -0.25) is 14.4 Å². The van der Waals surface area contributed by atoms with Gasteiger partial charge in [-0.2, -0.15) is 11.8 Å². The van der Waals surface area contributed by atoms with Crippen molar-refractivity contribution in [1.29, 1.82) is 0 Å². The number of rotatable bonds is 16. The minimum atomic E-state index is -1.24. The first-order valence-electron chi connectivity index (χ1n) is 13.3. The Bertz CT molecular complexity index is 1310. The van der Waals surface area contributed by atoms with Crippen molar-refractivity contribution in [3.05, 3.63) is 83.9 Å². The topological polar surface area (TPSA) is 200 Å². The summed E-state index contributed by atoms with van der Waals surface area (Å²) in [7, 11) is 0. The number of H-pyrrole nitrogens is 1. The van der Waals surface area contributed by atoms with Crippen molar-refractivity contribution in [2.45, 2.75) is 49.9 Å². The van der Waals surface area contributed by atoms with Crippen molar-refractivity contribution in [3.8, 4) is 5.75 Å². The third-order valence-electron chi connectivity index (χ3n) is 6.48. The Hall–Kier alpha value is -4.36. The molecule has 3 rings (SSSR count). The standard InChI is InChI=1S/C29H36N6O6S/c1-42-12-11-23(33-26(37)22(30)15-20-16-31-17-32-20)27(38)34-24(13-19-7-9-21(36)10-8-19)28(39)35-25(29(40)41)14-18-5-3-2-4-6-18/h2-10,16-17,22-25,36H,11-15,30H2,1H3,(H,31,32)(H,33,37)(H,34,38)(H,35,39)(H,40,41). The van der Waals surface area contributed by atoms with Crippen LogP contribution < -0.4 is 21.7 Å². The molecular weight excluding hydrogens is 560 g/mol. The van der Waals surface area contributed by atoms with Crippen LogP contribution in [0.5, 0.6) is 5.75 Å². The van der Waals surface area contributed by atoms with Gasteiger partial charge in [0.05, 0.1) is 12.4 Å². The van der Waals surface area contributed by atoms with Crippen LogP contribution in [-0.2, 0) is 38.4 Å². The number of thioether (sulfide) groups is 1. The second-order valence-corrected chi connectivity index (χ2v) is 10.7. The Kier molecular flexibility index (Phi) is 12.4. The lowest BCUT2D eigenvalue weighted by atomic mass is 10.0. The van der Waals surface area contributed by atoms with E-state index in [0.29, 0.717) is 17.0 Å². The second kappa shape index (κ2) is 16.2. The lowest BCUT2D eigenvalue weighted by Crippen LogP contribution is -2.58. The van der Waals surface area contributed by atoms with E-state index in [-0.39, 0.29) is 31.4 Å². The number of hydrogen-bond acceptors (Lipinski definition) is 8. The van der Waals surface area contributed by atoms with Crippen molar-refractivity contribution >= 4 is 35.5 Å². The number of benzene rings is 2. The number of carboxylic acids is 1. The summed E-state index contributed by atoms with van der Waals surface area (Å²) < 4.78 is 0. The average molecular weight is 597 g/mol. The summed E-state index contributed by atoms with van der Waals surface area (Å²) in [6.07, 6.45) is 5.41. The molecule has 13 heteroatoms. The number of aliphatic carboxylic acids is 1. The Morgan fingerprint density at radius 3 is 2.07 bits per heavy atom. The highest BCUT2D eigenvalue weighted by atomic mass is 32.2. The molecule has 0 saturated heterocycles. The van der Waals surface area contributed by atoms with Crippen LogP contribution in [0.3, 0.4) is 0 Å². The number of amides is 3. The fourth-order valence-electron chi connectivity index (χ4n) is 4.18. The fourth-order valence-corrected chi connectivity index (χ4v) is 4.65. The molecule has 0 spiro atoms. The van der Waals surface area contributed by atoms with E-state index in [1.54, 1.807) is 48.7 Å². The highest BCUT2D eigenvalue weighted by Gasteiger charge is 2.30. The molecule has 1 aromatic heterocycles. The van der Waals surface area contributed by atoms with Gasteiger partial charge in [0.25, 0.3) is 0 Å². The van der Waals surface area contributed by atoms with Crippen molar-refractivity contribution in [2.24, 2.45) is 5.73 Å². The molecule has 0 bridgehead atoms. The zero-order valence-electron chi connectivity index (χ0n) is 23.2. The van der Waals surface area contributed by atoms with Crippen LogP contribution in [0.4, 0.5) is 0 Å². The van der Waals surface area contributed by atoms with Crippen molar-refractivity contribution in [2.75, 3.05) is 12.0 Å². The van der Waals surface area contributed by atoms with Crippen LogP contribution in [0.2, 0.25) is 0 Å². The van der Waals surface area contributed by atoms with Gasteiger partial charge in [0.15, 0.2) is 0 Å². The number of carboxylic acid groups (broad SMARTS) is 1. The number of carbonyl (C=O) groups is 4. The summed E-state index contributed by atoms with van der Waals surface area (Å²) in [6.45, 7) is 0. The Balaban J connectivity index is 1.77. The highest BCUT2D eigenvalue weighted by molar-refractivity contribution is 7.98. The zero-order valence-corrected chi connectivity index (χ0v) is 24.0. The summed E-state index contributed by atoms with van der Waals surface area (Å²) in [5.41, 5.74) is 8.06. The molecule has 4 atom stereocenters. The maximum Gasteiger partial charge on any atom is 0.326 e. The van der Waals surface area contributed by atoms with Crippen LogP contribution in [0.1, 0.15) is 23.2 Å². The van der Waals surface area contributed by atoms with E-state index in [4.69, 9.17) is 5.73 Å². The van der Waals surface area contributed by atoms with Crippen molar-refractivity contribution in [3.63, 3.8) is 0 Å². The molecule has 0 saturated carbocycles. The Morgan fingerprint density at radius 2 is 1.45 bits per heavy atom. The Labute approximate surface area is 247 Å². The number of phenols is 1. The van der Waals surface area contributed by atoms with E-state index in [9.17, 15) is 29.4 Å². The largest absolute Gasteiger partial charge is 0.508 e. The van der Waals surface area contributed by atoms with Crippen LogP contribution in [0.25, 0.3) is 0 Å². The van der Waals surface area contributed by atoms with Gasteiger partial charge in [0.1, 0.15) is 23.9 Å². The predicted molar refractivity (Wildman–Crippen MR) is 159 cm³/mol. The van der Waals surface area contributed by atoms with Gasteiger partial charge in [0, 0.05) is 31.2 Å². The minimum absolute atomic E-state index is 0.0120. The number of imidazole rings is 1. The first kappa shape index (κ1) is 32.2. The average Bonchev–Trinajstić information content (AvgIpc) is 3.49. The van der Waals surface area contributed by atoms with Gasteiger partial charge in [-0.05, 0) is 41.7 Å². The summed E-state index contributed by atoms with van der Waals surface area (Å²) in [5, 5.41) is 27.4. The number of aromatic nitrogens is 2. The number of hydrogen-bond donors (Lipinski definition) is 7. The molecule has 1 heterocycles. The molecule has 2 aromatic carbocycles. The van der Waals surface area contributed by atoms with Gasteiger partial charge in [0.2, 0.25) is 17.7 Å². The van der Waals surface area contributed by atoms with E-state index >= 15 is 0 Å². The van der Waals surface area contributed by atoms with Crippen molar-refractivity contribution in [1.82, 2.24) is 25.9 Å². The van der Waals surface area contributed by atoms with E-state index in [2.05, 4.69) is 25.9 Å². The number of aromatic amines is 1. The first-order chi connectivity index (χ1) is 20.2. The summed E-state index contributed by atoms with van der Waals surface area (Å²) in [6, 6.07) is 10.6. The normalized spacial score (nSPS) is 13.8. The van der Waals surface area contributed by atoms with Crippen LogP contribution in [-0.4, -0.2) is 80.0 Å². The summed E-state index contributed by atoms with van der Waals surface area (Å²) >= 11 is 1.48. The van der Waals surface area contributed by atoms with Gasteiger partial charge in [-0.15, -0.1) is 0 Å². The Morgan fingerprint density at radius 1 is 0.857 bits per heavy atom. The smallest absolute Gasteiger partial charge is 0.326 e. The summed E-state index contributed by atoms with van der Waals surface area (Å²) in [4.78, 5) is 58.6. The first-order valence-corrected chi connectivity index (χ1v) is 14.7. The van der Waals surface area contributed by atoms with Crippen molar-refractivity contribution < 1.29 is 29.4 Å². The third-order valence-corrected chi connectivity index (χ3v) is 7.13. The molecule has 0 radical (unpaired) electrons. The van der Waals surface area contributed by atoms with E-state index in [0.717, 1.165) is 5.56 Å². The number of nitrogens with zero attached hydrogens (tertiary/aromatic N) is 1. The molecule has 4 unspecified atom stereocenters. The number of carbonyl (C=O) groups excluding carboxylic acids is 3. The molecule has 42 heavy (non-hydrogen) atoms. The summed E-state index contributed by atoms with van der Waals surface area (Å²) in [5.74, 6) is -2.51. The molecule has 0 aliphatic heterocycles. The van der Waals surface area contributed by atoms with Gasteiger partial charge in [-0.25, -0.2) is 9.78 Å². The molecule has 12 nitrogen and oxygen atoms in total. The third kappa shape index (κ3) is 10.2. The van der Waals surface area contributed by atoms with Crippen LogP contribution >= 0.6 is 11.8 Å². The molecule has 224 valence electrons. The molecule has 3 amide bonds. The maximum absolute atomic E-state index is 13.5. The second-order valence-electron chi connectivity index (χ2n) is 9.75. The molecule has 0 aliphatic carbocycles. The van der Waals surface area contributed by atoms with Gasteiger partial charge < -0.3 is 36.9 Å². The number of phenolic OH excluding ortho intramolecular Hbond substituents is 1. The maximum atomic E-state index is 13.5. The van der Waals surface area contributed by atoms with Crippen LogP contribution in [0.15, 0.2) is 67.1 Å². The predicted octanol–water partition coefficient (Wildman–Crippen LogP) is 0.763. The monoisotopic (exact) mass is 596 g/mol. The van der Waals surface area contributed by atoms with E-state index < -0.39 is 47.9 Å². The number of nitrogens with two attached hydrogens (primary N) is 1. The van der Waals surface area contributed by atoms with Crippen LogP contribution in [0, 0.1) is 0 Å². The van der Waals surface area contributed by atoms with Gasteiger partial charge >= 0.3 is 5.97 Å². The molecule has 8 N–H and O–H groups in total. The van der Waals surface area contributed by atoms with E-state index in [1.165, 1.54) is 30.2 Å². The fraction of sp³-hybridized carbons (Fsp3) is 0.345. The van der Waals surface area contributed by atoms with E-state index in [1.807, 2.05) is 6.26 Å². The minimum Gasteiger partial charge on any atom is -0.508 e. The quantitative estimate of drug-likeness (QED) is 0.125. The highest BCUT2D eigenvalue weighted by Crippen LogP contribution is 2.13. The molecule has 0 fully saturated rings. The lowest BCUT2D eigenvalue weighted by Gasteiger charge is -2.25. The molecule has 3 aromatic rings. The number of aromatic hydroxyl groups is 1.